The number of fused-ring (bicyclic) bond motifs is 1. The average Bonchev–Trinajstić information content (AvgIpc) is 2.94. The summed E-state index contributed by atoms with van der Waals surface area (Å²) in [7, 11) is 0. The molecule has 0 aromatic carbocycles. The largest absolute Gasteiger partial charge is 0.477 e. The molecule has 0 atom stereocenters. The Balaban J connectivity index is 2.01. The van der Waals surface area contributed by atoms with Crippen LogP contribution < -0.4 is 0 Å². The number of ether oxygens (including phenoxy) is 2. The van der Waals surface area contributed by atoms with E-state index < -0.39 is 11.8 Å². The summed E-state index contributed by atoms with van der Waals surface area (Å²) in [6.45, 7) is 1.28. The molecule has 6 heteroatoms. The van der Waals surface area contributed by atoms with Crippen molar-refractivity contribution >= 4 is 29.1 Å². The Hall–Kier alpha value is -0.560. The lowest BCUT2D eigenvalue weighted by Crippen LogP contribution is -2.37. The average molecular weight is 286 g/mol. The molecule has 3 rings (SSSR count). The van der Waals surface area contributed by atoms with Gasteiger partial charge in [-0.2, -0.15) is 0 Å². The van der Waals surface area contributed by atoms with Crippen molar-refractivity contribution in [2.45, 2.75) is 29.3 Å². The normalized spacial score (nSPS) is 21.2. The smallest absolute Gasteiger partial charge is 0.346 e. The number of carboxylic acid groups (broad SMARTS) is 1. The molecule has 1 N–H and O–H groups in total. The van der Waals surface area contributed by atoms with Crippen molar-refractivity contribution in [1.29, 1.82) is 0 Å². The fraction of sp³-hybridized carbons (Fsp3) is 0.583. The van der Waals surface area contributed by atoms with Crippen LogP contribution in [0.15, 0.2) is 4.21 Å². The number of rotatable bonds is 2. The first-order chi connectivity index (χ1) is 8.65. The molecule has 0 unspecified atom stereocenters. The van der Waals surface area contributed by atoms with E-state index in [0.717, 1.165) is 28.2 Å². The zero-order chi connectivity index (χ0) is 12.8. The summed E-state index contributed by atoms with van der Waals surface area (Å²) >= 11 is 2.99. The van der Waals surface area contributed by atoms with Crippen molar-refractivity contribution in [3.63, 3.8) is 0 Å². The zero-order valence-electron chi connectivity index (χ0n) is 10.0. The number of thioether (sulfide) groups is 1. The minimum absolute atomic E-state index is 0.488. The number of thiophene rings is 1. The Morgan fingerprint density at radius 2 is 2.11 bits per heavy atom. The third-order valence-corrected chi connectivity index (χ3v) is 5.90. The van der Waals surface area contributed by atoms with Crippen molar-refractivity contribution < 1.29 is 19.4 Å². The minimum Gasteiger partial charge on any atom is -0.477 e. The van der Waals surface area contributed by atoms with Crippen LogP contribution in [0.25, 0.3) is 0 Å². The van der Waals surface area contributed by atoms with E-state index in [4.69, 9.17) is 9.47 Å². The molecular formula is C12H14O4S2. The van der Waals surface area contributed by atoms with Gasteiger partial charge in [0.15, 0.2) is 5.79 Å². The lowest BCUT2D eigenvalue weighted by molar-refractivity contribution is -0.164. The first kappa shape index (κ1) is 12.5. The second kappa shape index (κ2) is 4.52. The van der Waals surface area contributed by atoms with Crippen LogP contribution in [0.5, 0.6) is 0 Å². The van der Waals surface area contributed by atoms with Gasteiger partial charge in [-0.1, -0.05) is 0 Å². The SMILES string of the molecule is CSc1sc(C(=O)O)c2c1CC1(CC2)OCCO1. The summed E-state index contributed by atoms with van der Waals surface area (Å²) in [6.07, 6.45) is 4.15. The molecule has 1 aliphatic heterocycles. The summed E-state index contributed by atoms with van der Waals surface area (Å²) in [5, 5.41) is 9.25. The molecule has 4 nitrogen and oxygen atoms in total. The van der Waals surface area contributed by atoms with Crippen LogP contribution in [-0.4, -0.2) is 36.3 Å². The van der Waals surface area contributed by atoms with Gasteiger partial charge in [-0.3, -0.25) is 0 Å². The van der Waals surface area contributed by atoms with Crippen LogP contribution in [0.3, 0.4) is 0 Å². The Bertz CT molecular complexity index is 489. The predicted molar refractivity (Wildman–Crippen MR) is 69.7 cm³/mol. The lowest BCUT2D eigenvalue weighted by atomic mass is 9.89. The monoisotopic (exact) mass is 286 g/mol. The molecule has 0 saturated carbocycles. The van der Waals surface area contributed by atoms with E-state index in [1.807, 2.05) is 6.26 Å². The molecule has 1 aromatic heterocycles. The molecular weight excluding hydrogens is 272 g/mol. The summed E-state index contributed by atoms with van der Waals surface area (Å²) in [5.41, 5.74) is 2.11. The Morgan fingerprint density at radius 3 is 2.72 bits per heavy atom. The van der Waals surface area contributed by atoms with Gasteiger partial charge in [0.2, 0.25) is 0 Å². The zero-order valence-corrected chi connectivity index (χ0v) is 11.7. The molecule has 18 heavy (non-hydrogen) atoms. The maximum absolute atomic E-state index is 11.3. The van der Waals surface area contributed by atoms with Gasteiger partial charge < -0.3 is 14.6 Å². The van der Waals surface area contributed by atoms with Gasteiger partial charge in [0.1, 0.15) is 4.88 Å². The Labute approximate surface area is 113 Å². The number of carboxylic acids is 1. The second-order valence-electron chi connectivity index (χ2n) is 4.47. The Kier molecular flexibility index (Phi) is 3.13. The number of hydrogen-bond acceptors (Lipinski definition) is 5. The van der Waals surface area contributed by atoms with Crippen LogP contribution in [0.2, 0.25) is 0 Å². The van der Waals surface area contributed by atoms with Gasteiger partial charge in [0.25, 0.3) is 0 Å². The Morgan fingerprint density at radius 1 is 1.39 bits per heavy atom. The molecule has 2 aliphatic rings. The van der Waals surface area contributed by atoms with Crippen LogP contribution in [0.4, 0.5) is 0 Å². The quantitative estimate of drug-likeness (QED) is 0.846. The van der Waals surface area contributed by atoms with Gasteiger partial charge in [0.05, 0.1) is 17.4 Å². The molecule has 1 aliphatic carbocycles. The molecule has 1 fully saturated rings. The lowest BCUT2D eigenvalue weighted by Gasteiger charge is -2.32. The standard InChI is InChI=1S/C12H14O4S2/c1-17-11-8-6-12(15-4-5-16-12)3-2-7(8)9(18-11)10(13)14/h2-6H2,1H3,(H,13,14). The van der Waals surface area contributed by atoms with Crippen molar-refractivity contribution in [3.05, 3.63) is 16.0 Å². The van der Waals surface area contributed by atoms with Crippen molar-refractivity contribution in [3.8, 4) is 0 Å². The van der Waals surface area contributed by atoms with E-state index in [9.17, 15) is 9.90 Å². The number of hydrogen-bond donors (Lipinski definition) is 1. The molecule has 0 amide bonds. The fourth-order valence-electron chi connectivity index (χ4n) is 2.67. The maximum Gasteiger partial charge on any atom is 0.346 e. The van der Waals surface area contributed by atoms with Gasteiger partial charge in [-0.15, -0.1) is 23.1 Å². The van der Waals surface area contributed by atoms with E-state index in [1.165, 1.54) is 11.3 Å². The fourth-order valence-corrected chi connectivity index (χ4v) is 4.64. The number of aromatic carboxylic acids is 1. The van der Waals surface area contributed by atoms with Crippen molar-refractivity contribution in [2.75, 3.05) is 19.5 Å². The molecule has 2 heterocycles. The summed E-state index contributed by atoms with van der Waals surface area (Å²) < 4.78 is 12.6. The molecule has 1 saturated heterocycles. The van der Waals surface area contributed by atoms with E-state index in [2.05, 4.69) is 0 Å². The molecule has 98 valence electrons. The van der Waals surface area contributed by atoms with Crippen molar-refractivity contribution in [2.24, 2.45) is 0 Å². The molecule has 0 radical (unpaired) electrons. The number of carbonyl (C=O) groups is 1. The van der Waals surface area contributed by atoms with Gasteiger partial charge >= 0.3 is 5.97 Å². The van der Waals surface area contributed by atoms with Gasteiger partial charge in [-0.05, 0) is 23.8 Å². The van der Waals surface area contributed by atoms with E-state index in [0.29, 0.717) is 24.5 Å². The highest BCUT2D eigenvalue weighted by Gasteiger charge is 2.42. The highest BCUT2D eigenvalue weighted by molar-refractivity contribution is 8.00. The highest BCUT2D eigenvalue weighted by atomic mass is 32.2. The van der Waals surface area contributed by atoms with Gasteiger partial charge in [-0.25, -0.2) is 4.79 Å². The van der Waals surface area contributed by atoms with E-state index in [-0.39, 0.29) is 0 Å². The van der Waals surface area contributed by atoms with Crippen LogP contribution in [0.1, 0.15) is 27.2 Å². The van der Waals surface area contributed by atoms with Gasteiger partial charge in [0, 0.05) is 12.8 Å². The first-order valence-electron chi connectivity index (χ1n) is 5.85. The third-order valence-electron chi connectivity index (χ3n) is 3.47. The topological polar surface area (TPSA) is 55.8 Å². The van der Waals surface area contributed by atoms with E-state index in [1.54, 1.807) is 11.8 Å². The van der Waals surface area contributed by atoms with Crippen LogP contribution >= 0.6 is 23.1 Å². The molecule has 0 bridgehead atoms. The van der Waals surface area contributed by atoms with E-state index >= 15 is 0 Å². The minimum atomic E-state index is -0.819. The molecule has 1 aromatic rings. The third kappa shape index (κ3) is 1.87. The van der Waals surface area contributed by atoms with Crippen molar-refractivity contribution in [1.82, 2.24) is 0 Å². The summed E-state index contributed by atoms with van der Waals surface area (Å²) in [5.74, 6) is -1.31. The predicted octanol–water partition coefficient (Wildman–Crippen LogP) is 2.40. The highest BCUT2D eigenvalue weighted by Crippen LogP contribution is 2.44. The summed E-state index contributed by atoms with van der Waals surface area (Å²) in [4.78, 5) is 11.7. The molecule has 1 spiro atoms. The maximum atomic E-state index is 11.3. The second-order valence-corrected chi connectivity index (χ2v) is 6.56. The van der Waals surface area contributed by atoms with Crippen LogP contribution in [0, 0.1) is 0 Å². The summed E-state index contributed by atoms with van der Waals surface area (Å²) in [6, 6.07) is 0. The van der Waals surface area contributed by atoms with Crippen LogP contribution in [-0.2, 0) is 22.3 Å². The first-order valence-corrected chi connectivity index (χ1v) is 7.89.